The fourth-order valence-corrected chi connectivity index (χ4v) is 4.74. The second-order valence-corrected chi connectivity index (χ2v) is 8.26. The Labute approximate surface area is 154 Å². The van der Waals surface area contributed by atoms with E-state index in [1.165, 1.54) is 13.5 Å². The number of primary amides is 1. The number of hydrogen-bond donors (Lipinski definition) is 2. The zero-order chi connectivity index (χ0) is 19.1. The van der Waals surface area contributed by atoms with Gasteiger partial charge < -0.3 is 20.5 Å². The summed E-state index contributed by atoms with van der Waals surface area (Å²) >= 11 is 0. The molecule has 2 amide bonds. The number of rotatable bonds is 6. The fourth-order valence-electron chi connectivity index (χ4n) is 4.74. The molecule has 0 radical (unpaired) electrons. The Kier molecular flexibility index (Phi) is 4.63. The first-order valence-corrected chi connectivity index (χ1v) is 9.09. The van der Waals surface area contributed by atoms with Crippen molar-refractivity contribution in [3.05, 3.63) is 23.8 Å². The topological polar surface area (TPSA) is 90.7 Å². The predicted octanol–water partition coefficient (Wildman–Crippen LogP) is 2.50. The highest BCUT2D eigenvalue weighted by Crippen LogP contribution is 2.65. The molecule has 3 N–H and O–H groups in total. The lowest BCUT2D eigenvalue weighted by molar-refractivity contribution is -0.119. The van der Waals surface area contributed by atoms with Crippen molar-refractivity contribution in [1.82, 2.24) is 5.32 Å². The Morgan fingerprint density at radius 1 is 1.27 bits per heavy atom. The standard InChI is InChI=1S/C20H28N2O4/c1-19(2)13-7-8-20(19,3)16(10-13)22-18(24)12-5-6-14(15(9-12)25-4)26-11-17(21)23/h5-6,9,13,16H,7-8,10-11H2,1-4H3,(H2,21,23)(H,22,24). The highest BCUT2D eigenvalue weighted by molar-refractivity contribution is 5.95. The minimum absolute atomic E-state index is 0.112. The van der Waals surface area contributed by atoms with Crippen molar-refractivity contribution in [2.45, 2.75) is 46.1 Å². The summed E-state index contributed by atoms with van der Waals surface area (Å²) in [6.45, 7) is 6.71. The minimum Gasteiger partial charge on any atom is -0.493 e. The minimum atomic E-state index is -0.569. The van der Waals surface area contributed by atoms with Crippen molar-refractivity contribution < 1.29 is 19.1 Å². The van der Waals surface area contributed by atoms with E-state index in [9.17, 15) is 9.59 Å². The summed E-state index contributed by atoms with van der Waals surface area (Å²) in [7, 11) is 1.49. The van der Waals surface area contributed by atoms with Gasteiger partial charge in [0.25, 0.3) is 11.8 Å². The van der Waals surface area contributed by atoms with Crippen LogP contribution < -0.4 is 20.5 Å². The zero-order valence-corrected chi connectivity index (χ0v) is 15.9. The number of fused-ring (bicyclic) bond motifs is 2. The van der Waals surface area contributed by atoms with Gasteiger partial charge in [0, 0.05) is 11.6 Å². The Bertz CT molecular complexity index is 731. The van der Waals surface area contributed by atoms with Crippen LogP contribution in [-0.2, 0) is 4.79 Å². The largest absolute Gasteiger partial charge is 0.493 e. The number of carbonyl (C=O) groups excluding carboxylic acids is 2. The number of nitrogens with two attached hydrogens (primary N) is 1. The molecule has 0 aliphatic heterocycles. The first-order chi connectivity index (χ1) is 12.2. The lowest BCUT2D eigenvalue weighted by atomic mass is 9.69. The van der Waals surface area contributed by atoms with Crippen molar-refractivity contribution in [3.63, 3.8) is 0 Å². The smallest absolute Gasteiger partial charge is 0.255 e. The highest BCUT2D eigenvalue weighted by atomic mass is 16.5. The molecule has 1 aromatic carbocycles. The molecule has 2 aliphatic rings. The van der Waals surface area contributed by atoms with Crippen LogP contribution in [0.5, 0.6) is 11.5 Å². The van der Waals surface area contributed by atoms with Gasteiger partial charge in [-0.15, -0.1) is 0 Å². The summed E-state index contributed by atoms with van der Waals surface area (Å²) in [6.07, 6.45) is 3.43. The maximum Gasteiger partial charge on any atom is 0.255 e. The number of ether oxygens (including phenoxy) is 2. The molecule has 142 valence electrons. The molecule has 0 spiro atoms. The van der Waals surface area contributed by atoms with Gasteiger partial charge in [0.2, 0.25) is 0 Å². The van der Waals surface area contributed by atoms with Gasteiger partial charge in [-0.1, -0.05) is 20.8 Å². The maximum absolute atomic E-state index is 12.8. The quantitative estimate of drug-likeness (QED) is 0.815. The Hall–Kier alpha value is -2.24. The van der Waals surface area contributed by atoms with E-state index >= 15 is 0 Å². The molecule has 1 aromatic rings. The van der Waals surface area contributed by atoms with Gasteiger partial charge in [-0.05, 0) is 54.2 Å². The van der Waals surface area contributed by atoms with E-state index in [1.807, 2.05) is 0 Å². The SMILES string of the molecule is COc1cc(C(=O)NC2CC3CCC2(C)C3(C)C)ccc1OCC(N)=O. The molecule has 3 rings (SSSR count). The molecule has 2 aliphatic carbocycles. The van der Waals surface area contributed by atoms with Crippen LogP contribution in [0.25, 0.3) is 0 Å². The molecule has 6 nitrogen and oxygen atoms in total. The van der Waals surface area contributed by atoms with Crippen molar-refractivity contribution in [1.29, 1.82) is 0 Å². The first kappa shape index (κ1) is 18.5. The van der Waals surface area contributed by atoms with Crippen LogP contribution in [0.1, 0.15) is 50.4 Å². The molecule has 26 heavy (non-hydrogen) atoms. The monoisotopic (exact) mass is 360 g/mol. The number of benzene rings is 1. The molecule has 2 bridgehead atoms. The van der Waals surface area contributed by atoms with Crippen molar-refractivity contribution in [3.8, 4) is 11.5 Å². The molecule has 2 fully saturated rings. The van der Waals surface area contributed by atoms with Gasteiger partial charge in [0.15, 0.2) is 18.1 Å². The highest BCUT2D eigenvalue weighted by Gasteiger charge is 2.61. The lowest BCUT2D eigenvalue weighted by Crippen LogP contribution is -2.46. The molecule has 6 heteroatoms. The maximum atomic E-state index is 12.8. The Balaban J connectivity index is 1.74. The molecule has 0 heterocycles. The van der Waals surface area contributed by atoms with E-state index in [0.29, 0.717) is 23.0 Å². The number of carbonyl (C=O) groups is 2. The van der Waals surface area contributed by atoms with Crippen LogP contribution in [0.4, 0.5) is 0 Å². The average molecular weight is 360 g/mol. The summed E-state index contributed by atoms with van der Waals surface area (Å²) in [4.78, 5) is 23.7. The van der Waals surface area contributed by atoms with Gasteiger partial charge >= 0.3 is 0 Å². The van der Waals surface area contributed by atoms with E-state index in [4.69, 9.17) is 15.2 Å². The van der Waals surface area contributed by atoms with E-state index in [1.54, 1.807) is 18.2 Å². The predicted molar refractivity (Wildman–Crippen MR) is 98.2 cm³/mol. The molecule has 3 unspecified atom stereocenters. The van der Waals surface area contributed by atoms with Gasteiger partial charge in [-0.25, -0.2) is 0 Å². The van der Waals surface area contributed by atoms with Crippen molar-refractivity contribution in [2.75, 3.05) is 13.7 Å². The van der Waals surface area contributed by atoms with Gasteiger partial charge in [-0.3, -0.25) is 9.59 Å². The van der Waals surface area contributed by atoms with E-state index in [-0.39, 0.29) is 29.4 Å². The van der Waals surface area contributed by atoms with E-state index < -0.39 is 5.91 Å². The third-order valence-corrected chi connectivity index (χ3v) is 6.90. The van der Waals surface area contributed by atoms with Crippen molar-refractivity contribution >= 4 is 11.8 Å². The van der Waals surface area contributed by atoms with Crippen LogP contribution >= 0.6 is 0 Å². The number of methoxy groups -OCH3 is 1. The van der Waals surface area contributed by atoms with Crippen LogP contribution in [-0.4, -0.2) is 31.6 Å². The summed E-state index contributed by atoms with van der Waals surface area (Å²) in [5.74, 6) is 0.770. The molecule has 3 atom stereocenters. The lowest BCUT2D eigenvalue weighted by Gasteiger charge is -2.39. The second kappa shape index (κ2) is 6.49. The van der Waals surface area contributed by atoms with Crippen molar-refractivity contribution in [2.24, 2.45) is 22.5 Å². The fraction of sp³-hybridized carbons (Fsp3) is 0.600. The second-order valence-electron chi connectivity index (χ2n) is 8.26. The third kappa shape index (κ3) is 2.91. The number of hydrogen-bond acceptors (Lipinski definition) is 4. The van der Waals surface area contributed by atoms with Crippen LogP contribution in [0, 0.1) is 16.7 Å². The summed E-state index contributed by atoms with van der Waals surface area (Å²) in [5, 5.41) is 3.23. The molecule has 0 aromatic heterocycles. The summed E-state index contributed by atoms with van der Waals surface area (Å²) < 4.78 is 10.6. The first-order valence-electron chi connectivity index (χ1n) is 9.09. The van der Waals surface area contributed by atoms with Crippen LogP contribution in [0.2, 0.25) is 0 Å². The van der Waals surface area contributed by atoms with Gasteiger partial charge in [0.05, 0.1) is 7.11 Å². The molecule has 2 saturated carbocycles. The molecular formula is C20H28N2O4. The van der Waals surface area contributed by atoms with Crippen LogP contribution in [0.15, 0.2) is 18.2 Å². The van der Waals surface area contributed by atoms with E-state index in [2.05, 4.69) is 26.1 Å². The van der Waals surface area contributed by atoms with Gasteiger partial charge in [-0.2, -0.15) is 0 Å². The average Bonchev–Trinajstić information content (AvgIpc) is 2.93. The molecule has 0 saturated heterocycles. The number of amides is 2. The van der Waals surface area contributed by atoms with Crippen LogP contribution in [0.3, 0.4) is 0 Å². The normalized spacial score (nSPS) is 28.6. The van der Waals surface area contributed by atoms with E-state index in [0.717, 1.165) is 12.8 Å². The summed E-state index contributed by atoms with van der Waals surface area (Å²) in [5.41, 5.74) is 5.98. The molecular weight excluding hydrogens is 332 g/mol. The zero-order valence-electron chi connectivity index (χ0n) is 15.9. The third-order valence-electron chi connectivity index (χ3n) is 6.90. The number of nitrogens with one attached hydrogen (secondary N) is 1. The summed E-state index contributed by atoms with van der Waals surface area (Å²) in [6, 6.07) is 5.12. The Morgan fingerprint density at radius 3 is 2.54 bits per heavy atom. The Morgan fingerprint density at radius 2 is 2.00 bits per heavy atom. The van der Waals surface area contributed by atoms with Gasteiger partial charge in [0.1, 0.15) is 0 Å².